The maximum Gasteiger partial charge on any atom is 0.261 e. The molecule has 0 aliphatic heterocycles. The normalized spacial score (nSPS) is 11.6. The first-order chi connectivity index (χ1) is 14.3. The minimum absolute atomic E-state index is 0.196. The van der Waals surface area contributed by atoms with E-state index in [0.717, 1.165) is 18.4 Å². The highest BCUT2D eigenvalue weighted by Crippen LogP contribution is 2.24. The van der Waals surface area contributed by atoms with Crippen molar-refractivity contribution in [2.24, 2.45) is 0 Å². The van der Waals surface area contributed by atoms with Crippen molar-refractivity contribution < 1.29 is 14.3 Å². The molecule has 1 N–H and O–H groups in total. The molecule has 5 nitrogen and oxygen atoms in total. The highest BCUT2D eigenvalue weighted by Gasteiger charge is 2.26. The van der Waals surface area contributed by atoms with Crippen LogP contribution in [0.15, 0.2) is 42.5 Å². The Kier molecular flexibility index (Phi) is 9.76. The molecule has 1 atom stereocenters. The van der Waals surface area contributed by atoms with E-state index >= 15 is 0 Å². The van der Waals surface area contributed by atoms with Gasteiger partial charge in [0.25, 0.3) is 5.91 Å². The number of carbonyl (C=O) groups is 2. The second-order valence-electron chi connectivity index (χ2n) is 6.83. The first-order valence-electron chi connectivity index (χ1n) is 9.71. The van der Waals surface area contributed by atoms with Crippen molar-refractivity contribution in [3.05, 3.63) is 63.1 Å². The molecule has 8 heteroatoms. The third-order valence-corrected chi connectivity index (χ3v) is 5.50. The van der Waals surface area contributed by atoms with E-state index in [1.165, 1.54) is 4.90 Å². The molecule has 0 radical (unpaired) electrons. The van der Waals surface area contributed by atoms with Gasteiger partial charge in [-0.15, -0.1) is 0 Å². The van der Waals surface area contributed by atoms with Crippen LogP contribution in [0.25, 0.3) is 0 Å². The largest absolute Gasteiger partial charge is 0.484 e. The van der Waals surface area contributed by atoms with Gasteiger partial charge in [0.15, 0.2) is 6.61 Å². The minimum Gasteiger partial charge on any atom is -0.484 e. The quantitative estimate of drug-likeness (QED) is 0.475. The van der Waals surface area contributed by atoms with Crippen molar-refractivity contribution in [3.8, 4) is 5.75 Å². The van der Waals surface area contributed by atoms with Gasteiger partial charge in [0.05, 0.1) is 10.0 Å². The molecule has 0 fully saturated rings. The van der Waals surface area contributed by atoms with Crippen LogP contribution in [0.3, 0.4) is 0 Å². The Morgan fingerprint density at radius 1 is 1.07 bits per heavy atom. The van der Waals surface area contributed by atoms with Gasteiger partial charge in [-0.1, -0.05) is 54.2 Å². The molecule has 0 aromatic heterocycles. The number of nitrogens with zero attached hydrogens (tertiary/aromatic N) is 1. The number of carbonyl (C=O) groups excluding carboxylic acids is 2. The standard InChI is InChI=1S/C22H25Cl3N2O3/c1-3-4-11-26-22(29)15(2)27(13-16-5-10-19(24)20(25)12-16)21(28)14-30-18-8-6-17(23)7-9-18/h5-10,12,15H,3-4,11,13-14H2,1-2H3,(H,26,29). The van der Waals surface area contributed by atoms with E-state index in [1.807, 2.05) is 6.92 Å². The van der Waals surface area contributed by atoms with Crippen LogP contribution in [0.1, 0.15) is 32.3 Å². The van der Waals surface area contributed by atoms with E-state index in [9.17, 15) is 9.59 Å². The molecule has 162 valence electrons. The molecule has 1 unspecified atom stereocenters. The van der Waals surface area contributed by atoms with Crippen molar-refractivity contribution >= 4 is 46.6 Å². The minimum atomic E-state index is -0.683. The van der Waals surface area contributed by atoms with Crippen molar-refractivity contribution in [2.45, 2.75) is 39.3 Å². The van der Waals surface area contributed by atoms with Gasteiger partial charge in [-0.2, -0.15) is 0 Å². The third kappa shape index (κ3) is 7.38. The summed E-state index contributed by atoms with van der Waals surface area (Å²) in [6.07, 6.45) is 1.84. The number of rotatable bonds is 10. The number of amides is 2. The van der Waals surface area contributed by atoms with Crippen LogP contribution in [0, 0.1) is 0 Å². The Labute approximate surface area is 192 Å². The van der Waals surface area contributed by atoms with Crippen LogP contribution in [0.2, 0.25) is 15.1 Å². The van der Waals surface area contributed by atoms with Gasteiger partial charge in [-0.05, 0) is 55.3 Å². The van der Waals surface area contributed by atoms with E-state index < -0.39 is 6.04 Å². The second-order valence-corrected chi connectivity index (χ2v) is 8.08. The number of hydrogen-bond donors (Lipinski definition) is 1. The zero-order valence-electron chi connectivity index (χ0n) is 17.0. The molecule has 0 saturated heterocycles. The van der Waals surface area contributed by atoms with Gasteiger partial charge in [-0.3, -0.25) is 9.59 Å². The SMILES string of the molecule is CCCCNC(=O)C(C)N(Cc1ccc(Cl)c(Cl)c1)C(=O)COc1ccc(Cl)cc1. The lowest BCUT2D eigenvalue weighted by molar-refractivity contribution is -0.142. The fraction of sp³-hybridized carbons (Fsp3) is 0.364. The molecule has 2 rings (SSSR count). The number of nitrogens with one attached hydrogen (secondary N) is 1. The van der Waals surface area contributed by atoms with Crippen LogP contribution in [-0.2, 0) is 16.1 Å². The molecule has 0 spiro atoms. The fourth-order valence-electron chi connectivity index (χ4n) is 2.71. The summed E-state index contributed by atoms with van der Waals surface area (Å²) in [7, 11) is 0. The molecule has 2 aromatic carbocycles. The molecule has 0 aliphatic carbocycles. The maximum atomic E-state index is 13.0. The Balaban J connectivity index is 2.13. The molecule has 2 amide bonds. The monoisotopic (exact) mass is 470 g/mol. The summed E-state index contributed by atoms with van der Waals surface area (Å²) in [5.74, 6) is -0.0280. The number of hydrogen-bond acceptors (Lipinski definition) is 3. The summed E-state index contributed by atoms with van der Waals surface area (Å²) in [6.45, 7) is 4.29. The van der Waals surface area contributed by atoms with Gasteiger partial charge in [0.2, 0.25) is 5.91 Å². The predicted octanol–water partition coefficient (Wildman–Crippen LogP) is 5.36. The summed E-state index contributed by atoms with van der Waals surface area (Å²) in [5.41, 5.74) is 0.762. The fourth-order valence-corrected chi connectivity index (χ4v) is 3.16. The van der Waals surface area contributed by atoms with Gasteiger partial charge >= 0.3 is 0 Å². The van der Waals surface area contributed by atoms with Crippen LogP contribution >= 0.6 is 34.8 Å². The van der Waals surface area contributed by atoms with E-state index in [0.29, 0.717) is 27.4 Å². The van der Waals surface area contributed by atoms with Crippen LogP contribution in [0.4, 0.5) is 0 Å². The molecular weight excluding hydrogens is 447 g/mol. The molecule has 30 heavy (non-hydrogen) atoms. The lowest BCUT2D eigenvalue weighted by Gasteiger charge is -2.29. The summed E-state index contributed by atoms with van der Waals surface area (Å²) in [4.78, 5) is 27.0. The van der Waals surface area contributed by atoms with E-state index in [4.69, 9.17) is 39.5 Å². The molecular formula is C22H25Cl3N2O3. The highest BCUT2D eigenvalue weighted by molar-refractivity contribution is 6.42. The average Bonchev–Trinajstić information content (AvgIpc) is 2.73. The van der Waals surface area contributed by atoms with Gasteiger partial charge in [-0.25, -0.2) is 0 Å². The maximum absolute atomic E-state index is 13.0. The van der Waals surface area contributed by atoms with Gasteiger partial charge in [0, 0.05) is 18.1 Å². The Hall–Kier alpha value is -1.95. The van der Waals surface area contributed by atoms with Crippen LogP contribution in [-0.4, -0.2) is 35.9 Å². The Bertz CT molecular complexity index is 859. The van der Waals surface area contributed by atoms with Crippen LogP contribution < -0.4 is 10.1 Å². The lowest BCUT2D eigenvalue weighted by Crippen LogP contribution is -2.49. The summed E-state index contributed by atoms with van der Waals surface area (Å²) in [5, 5.41) is 4.26. The summed E-state index contributed by atoms with van der Waals surface area (Å²) >= 11 is 18.0. The van der Waals surface area contributed by atoms with Gasteiger partial charge < -0.3 is 15.0 Å². The molecule has 0 bridgehead atoms. The number of halogens is 3. The zero-order chi connectivity index (χ0) is 22.1. The van der Waals surface area contributed by atoms with E-state index in [-0.39, 0.29) is 25.0 Å². The second kappa shape index (κ2) is 12.0. The van der Waals surface area contributed by atoms with Crippen molar-refractivity contribution in [3.63, 3.8) is 0 Å². The van der Waals surface area contributed by atoms with E-state index in [2.05, 4.69) is 5.32 Å². The predicted molar refractivity (Wildman–Crippen MR) is 121 cm³/mol. The average molecular weight is 472 g/mol. The van der Waals surface area contributed by atoms with Crippen molar-refractivity contribution in [1.29, 1.82) is 0 Å². The van der Waals surface area contributed by atoms with Crippen molar-refractivity contribution in [2.75, 3.05) is 13.2 Å². The Morgan fingerprint density at radius 2 is 1.77 bits per heavy atom. The summed E-state index contributed by atoms with van der Waals surface area (Å²) < 4.78 is 5.58. The molecule has 0 saturated carbocycles. The third-order valence-electron chi connectivity index (χ3n) is 4.51. The number of unbranched alkanes of at least 4 members (excludes halogenated alkanes) is 1. The molecule has 0 heterocycles. The smallest absolute Gasteiger partial charge is 0.261 e. The van der Waals surface area contributed by atoms with Crippen LogP contribution in [0.5, 0.6) is 5.75 Å². The van der Waals surface area contributed by atoms with Crippen molar-refractivity contribution in [1.82, 2.24) is 10.2 Å². The zero-order valence-corrected chi connectivity index (χ0v) is 19.2. The topological polar surface area (TPSA) is 58.6 Å². The van der Waals surface area contributed by atoms with Gasteiger partial charge in [0.1, 0.15) is 11.8 Å². The first-order valence-corrected chi connectivity index (χ1v) is 10.8. The van der Waals surface area contributed by atoms with E-state index in [1.54, 1.807) is 49.4 Å². The molecule has 2 aromatic rings. The molecule has 0 aliphatic rings. The summed E-state index contributed by atoms with van der Waals surface area (Å²) in [6, 6.07) is 11.2. The number of ether oxygens (including phenoxy) is 1. The number of benzene rings is 2. The first kappa shape index (κ1) is 24.3. The Morgan fingerprint density at radius 3 is 2.40 bits per heavy atom. The highest BCUT2D eigenvalue weighted by atomic mass is 35.5. The lowest BCUT2D eigenvalue weighted by atomic mass is 10.1.